The van der Waals surface area contributed by atoms with Gasteiger partial charge in [0.25, 0.3) is 0 Å². The first-order valence-electron chi connectivity index (χ1n) is 8.43. The van der Waals surface area contributed by atoms with Crippen LogP contribution in [-0.4, -0.2) is 58.8 Å². The molecule has 2 N–H and O–H groups in total. The van der Waals surface area contributed by atoms with Crippen LogP contribution in [0, 0.1) is 0 Å². The lowest BCUT2D eigenvalue weighted by atomic mass is 10.1. The van der Waals surface area contributed by atoms with Crippen LogP contribution in [-0.2, 0) is 16.0 Å². The number of thioether (sulfide) groups is 1. The molecule has 138 valence electrons. The molecule has 26 heavy (non-hydrogen) atoms. The number of anilines is 1. The van der Waals surface area contributed by atoms with E-state index >= 15 is 0 Å². The second-order valence-electron chi connectivity index (χ2n) is 5.96. The first kappa shape index (κ1) is 18.7. The Balaban J connectivity index is 1.45. The molecule has 2 amide bonds. The number of benzene rings is 1. The molecule has 3 rings (SSSR count). The Labute approximate surface area is 160 Å². The third kappa shape index (κ3) is 5.18. The minimum absolute atomic E-state index is 0.198. The van der Waals surface area contributed by atoms with Crippen LogP contribution in [0.1, 0.15) is 12.0 Å². The number of amides is 2. The Hall–Kier alpha value is -2.13. The number of primary amides is 1. The average Bonchev–Trinajstić information content (AvgIpc) is 3.14. The highest BCUT2D eigenvalue weighted by Crippen LogP contribution is 2.28. The minimum atomic E-state index is -0.366. The molecule has 1 aliphatic heterocycles. The predicted molar refractivity (Wildman–Crippen MR) is 103 cm³/mol. The Morgan fingerprint density at radius 2 is 1.85 bits per heavy atom. The Kier molecular flexibility index (Phi) is 6.45. The summed E-state index contributed by atoms with van der Waals surface area (Å²) >= 11 is 2.76. The summed E-state index contributed by atoms with van der Waals surface area (Å²) in [5.41, 5.74) is 6.33. The van der Waals surface area contributed by atoms with E-state index in [4.69, 9.17) is 5.73 Å². The summed E-state index contributed by atoms with van der Waals surface area (Å²) in [5.74, 6) is 0.0380. The van der Waals surface area contributed by atoms with Crippen molar-refractivity contribution >= 4 is 40.0 Å². The fourth-order valence-electron chi connectivity index (χ4n) is 2.72. The highest BCUT2D eigenvalue weighted by atomic mass is 32.2. The van der Waals surface area contributed by atoms with Crippen molar-refractivity contribution in [1.29, 1.82) is 0 Å². The molecule has 1 fully saturated rings. The maximum Gasteiger partial charge on any atom is 0.227 e. The molecular weight excluding hydrogens is 370 g/mol. The molecule has 1 saturated heterocycles. The molecule has 0 radical (unpaired) electrons. The fraction of sp³-hybridized carbons (Fsp3) is 0.412. The van der Waals surface area contributed by atoms with E-state index in [1.54, 1.807) is 0 Å². The van der Waals surface area contributed by atoms with Crippen molar-refractivity contribution in [3.63, 3.8) is 0 Å². The first-order chi connectivity index (χ1) is 12.6. The smallest absolute Gasteiger partial charge is 0.227 e. The van der Waals surface area contributed by atoms with Gasteiger partial charge < -0.3 is 15.5 Å². The van der Waals surface area contributed by atoms with Gasteiger partial charge in [-0.1, -0.05) is 53.4 Å². The second kappa shape index (κ2) is 9.00. The van der Waals surface area contributed by atoms with Crippen molar-refractivity contribution in [2.45, 2.75) is 17.2 Å². The summed E-state index contributed by atoms with van der Waals surface area (Å²) in [7, 11) is 0. The zero-order valence-corrected chi connectivity index (χ0v) is 16.0. The van der Waals surface area contributed by atoms with Crippen molar-refractivity contribution in [2.75, 3.05) is 36.8 Å². The maximum atomic E-state index is 12.4. The fourth-order valence-corrected chi connectivity index (χ4v) is 4.35. The normalized spacial score (nSPS) is 14.5. The number of hydrogen-bond acceptors (Lipinski definition) is 7. The Morgan fingerprint density at radius 3 is 2.54 bits per heavy atom. The van der Waals surface area contributed by atoms with E-state index in [9.17, 15) is 9.59 Å². The molecule has 0 unspecified atom stereocenters. The van der Waals surface area contributed by atoms with E-state index in [1.807, 2.05) is 23.1 Å². The van der Waals surface area contributed by atoms with Gasteiger partial charge in [0.2, 0.25) is 16.9 Å². The molecule has 2 aromatic rings. The summed E-state index contributed by atoms with van der Waals surface area (Å²) in [6.45, 7) is 2.87. The number of carbonyl (C=O) groups excluding carboxylic acids is 2. The summed E-state index contributed by atoms with van der Waals surface area (Å²) < 4.78 is 0.736. The predicted octanol–water partition coefficient (Wildman–Crippen LogP) is 1.40. The molecule has 1 aromatic heterocycles. The third-order valence-corrected chi connectivity index (χ3v) is 6.25. The molecule has 1 aliphatic rings. The quantitative estimate of drug-likeness (QED) is 0.717. The van der Waals surface area contributed by atoms with Crippen LogP contribution in [0.5, 0.6) is 0 Å². The van der Waals surface area contributed by atoms with Gasteiger partial charge in [-0.2, -0.15) is 0 Å². The standard InChI is InChI=1S/C17H21N5O2S2/c18-14(23)12-25-17-20-19-16(26-17)22-10-8-21(9-11-22)15(24)7-6-13-4-2-1-3-5-13/h1-5H,6-12H2,(H2,18,23). The molecule has 0 bridgehead atoms. The van der Waals surface area contributed by atoms with Crippen LogP contribution in [0.2, 0.25) is 0 Å². The van der Waals surface area contributed by atoms with E-state index in [2.05, 4.69) is 27.2 Å². The number of nitrogens with two attached hydrogens (primary N) is 1. The molecule has 2 heterocycles. The largest absolute Gasteiger partial charge is 0.369 e. The summed E-state index contributed by atoms with van der Waals surface area (Å²) in [5, 5.41) is 9.09. The van der Waals surface area contributed by atoms with Gasteiger partial charge in [-0.25, -0.2) is 0 Å². The first-order valence-corrected chi connectivity index (χ1v) is 10.2. The Bertz CT molecular complexity index is 745. The third-order valence-electron chi connectivity index (χ3n) is 4.11. The molecule has 0 atom stereocenters. The maximum absolute atomic E-state index is 12.4. The van der Waals surface area contributed by atoms with Gasteiger partial charge in [0.1, 0.15) is 0 Å². The van der Waals surface area contributed by atoms with Crippen LogP contribution < -0.4 is 10.6 Å². The summed E-state index contributed by atoms with van der Waals surface area (Å²) in [4.78, 5) is 27.3. The molecule has 9 heteroatoms. The van der Waals surface area contributed by atoms with Crippen LogP contribution in [0.25, 0.3) is 0 Å². The van der Waals surface area contributed by atoms with Crippen LogP contribution in [0.15, 0.2) is 34.7 Å². The van der Waals surface area contributed by atoms with Gasteiger partial charge in [-0.3, -0.25) is 9.59 Å². The number of aromatic nitrogens is 2. The summed E-state index contributed by atoms with van der Waals surface area (Å²) in [6, 6.07) is 10.1. The minimum Gasteiger partial charge on any atom is -0.369 e. The molecule has 1 aromatic carbocycles. The van der Waals surface area contributed by atoms with Gasteiger partial charge >= 0.3 is 0 Å². The summed E-state index contributed by atoms with van der Waals surface area (Å²) in [6.07, 6.45) is 1.31. The number of nitrogens with zero attached hydrogens (tertiary/aromatic N) is 4. The number of carbonyl (C=O) groups is 2. The Morgan fingerprint density at radius 1 is 1.12 bits per heavy atom. The number of aryl methyl sites for hydroxylation is 1. The highest BCUT2D eigenvalue weighted by Gasteiger charge is 2.23. The zero-order chi connectivity index (χ0) is 18.4. The van der Waals surface area contributed by atoms with Gasteiger partial charge in [-0.05, 0) is 12.0 Å². The van der Waals surface area contributed by atoms with Gasteiger partial charge in [0.05, 0.1) is 5.75 Å². The molecule has 0 aliphatic carbocycles. The van der Waals surface area contributed by atoms with Crippen LogP contribution >= 0.6 is 23.1 Å². The molecule has 7 nitrogen and oxygen atoms in total. The van der Waals surface area contributed by atoms with E-state index in [0.29, 0.717) is 19.5 Å². The van der Waals surface area contributed by atoms with Gasteiger partial charge in [0, 0.05) is 32.6 Å². The van der Waals surface area contributed by atoms with Crippen molar-refractivity contribution in [1.82, 2.24) is 15.1 Å². The van der Waals surface area contributed by atoms with Crippen LogP contribution in [0.4, 0.5) is 5.13 Å². The van der Waals surface area contributed by atoms with E-state index in [1.165, 1.54) is 28.7 Å². The number of hydrogen-bond donors (Lipinski definition) is 1. The average molecular weight is 392 g/mol. The highest BCUT2D eigenvalue weighted by molar-refractivity contribution is 8.01. The van der Waals surface area contributed by atoms with Crippen LogP contribution in [0.3, 0.4) is 0 Å². The lowest BCUT2D eigenvalue weighted by molar-refractivity contribution is -0.131. The van der Waals surface area contributed by atoms with Gasteiger partial charge in [-0.15, -0.1) is 10.2 Å². The van der Waals surface area contributed by atoms with Crippen molar-refractivity contribution in [2.24, 2.45) is 5.73 Å². The molecule has 0 saturated carbocycles. The van der Waals surface area contributed by atoms with Crippen molar-refractivity contribution < 1.29 is 9.59 Å². The monoisotopic (exact) mass is 391 g/mol. The number of rotatable bonds is 7. The van der Waals surface area contributed by atoms with E-state index in [-0.39, 0.29) is 17.6 Å². The van der Waals surface area contributed by atoms with Gasteiger partial charge in [0.15, 0.2) is 4.34 Å². The number of piperazine rings is 1. The van der Waals surface area contributed by atoms with Crippen molar-refractivity contribution in [3.05, 3.63) is 35.9 Å². The topological polar surface area (TPSA) is 92.4 Å². The van der Waals surface area contributed by atoms with Crippen molar-refractivity contribution in [3.8, 4) is 0 Å². The molecule has 0 spiro atoms. The lowest BCUT2D eigenvalue weighted by Gasteiger charge is -2.34. The molecular formula is C17H21N5O2S2. The van der Waals surface area contributed by atoms with E-state index < -0.39 is 0 Å². The zero-order valence-electron chi connectivity index (χ0n) is 14.3. The van der Waals surface area contributed by atoms with E-state index in [0.717, 1.165) is 29.0 Å². The SMILES string of the molecule is NC(=O)CSc1nnc(N2CCN(C(=O)CCc3ccccc3)CC2)s1. The second-order valence-corrected chi connectivity index (χ2v) is 8.14. The lowest BCUT2D eigenvalue weighted by Crippen LogP contribution is -2.48.